The smallest absolute Gasteiger partial charge is 0.128 e. The molecule has 2 heterocycles. The van der Waals surface area contributed by atoms with Crippen LogP contribution in [0.1, 0.15) is 31.7 Å². The van der Waals surface area contributed by atoms with Gasteiger partial charge >= 0.3 is 0 Å². The summed E-state index contributed by atoms with van der Waals surface area (Å²) in [7, 11) is 0. The van der Waals surface area contributed by atoms with Gasteiger partial charge in [-0.1, -0.05) is 13.3 Å². The monoisotopic (exact) mass is 220 g/mol. The third-order valence-electron chi connectivity index (χ3n) is 3.51. The minimum atomic E-state index is 0.0982. The van der Waals surface area contributed by atoms with Gasteiger partial charge < -0.3 is 10.0 Å². The van der Waals surface area contributed by atoms with Crippen molar-refractivity contribution >= 4 is 5.82 Å². The molecule has 3 nitrogen and oxygen atoms in total. The molecule has 3 heteroatoms. The average molecular weight is 220 g/mol. The first kappa shape index (κ1) is 11.4. The van der Waals surface area contributed by atoms with Crippen LogP contribution >= 0.6 is 0 Å². The topological polar surface area (TPSA) is 36.4 Å². The van der Waals surface area contributed by atoms with Crippen LogP contribution in [0.4, 0.5) is 5.82 Å². The first-order chi connectivity index (χ1) is 7.83. The molecule has 2 rings (SSSR count). The predicted molar refractivity (Wildman–Crippen MR) is 65.4 cm³/mol. The second-order valence-electron chi connectivity index (χ2n) is 4.52. The van der Waals surface area contributed by atoms with Crippen molar-refractivity contribution in [1.82, 2.24) is 4.98 Å². The zero-order chi connectivity index (χ0) is 11.4. The van der Waals surface area contributed by atoms with Crippen LogP contribution in [0.15, 0.2) is 18.3 Å². The van der Waals surface area contributed by atoms with Crippen molar-refractivity contribution in [2.24, 2.45) is 5.92 Å². The van der Waals surface area contributed by atoms with Gasteiger partial charge in [-0.2, -0.15) is 0 Å². The van der Waals surface area contributed by atoms with Crippen LogP contribution in [0.5, 0.6) is 0 Å². The van der Waals surface area contributed by atoms with E-state index in [4.69, 9.17) is 5.11 Å². The van der Waals surface area contributed by atoms with Crippen molar-refractivity contribution in [2.45, 2.75) is 32.8 Å². The summed E-state index contributed by atoms with van der Waals surface area (Å²) in [6.07, 6.45) is 5.60. The highest BCUT2D eigenvalue weighted by atomic mass is 16.3. The van der Waals surface area contributed by atoms with Gasteiger partial charge in [-0.3, -0.25) is 0 Å². The summed E-state index contributed by atoms with van der Waals surface area (Å²) in [5.74, 6) is 1.90. The van der Waals surface area contributed by atoms with E-state index in [9.17, 15) is 0 Å². The molecule has 0 aliphatic carbocycles. The van der Waals surface area contributed by atoms with Crippen molar-refractivity contribution in [3.8, 4) is 0 Å². The SMILES string of the molecule is CCC1CCN(c2cc(CO)ccn2)CC1. The molecular formula is C13H20N2O. The number of aromatic nitrogens is 1. The van der Waals surface area contributed by atoms with E-state index in [1.165, 1.54) is 19.3 Å². The highest BCUT2D eigenvalue weighted by Gasteiger charge is 2.18. The van der Waals surface area contributed by atoms with Gasteiger partial charge in [-0.15, -0.1) is 0 Å². The maximum atomic E-state index is 9.09. The third kappa shape index (κ3) is 2.53. The summed E-state index contributed by atoms with van der Waals surface area (Å²) in [5.41, 5.74) is 0.947. The van der Waals surface area contributed by atoms with Crippen LogP contribution in [0.2, 0.25) is 0 Å². The number of hydrogen-bond donors (Lipinski definition) is 1. The Balaban J connectivity index is 2.02. The Labute approximate surface area is 97.1 Å². The summed E-state index contributed by atoms with van der Waals surface area (Å²) < 4.78 is 0. The number of aliphatic hydroxyl groups excluding tert-OH is 1. The minimum Gasteiger partial charge on any atom is -0.392 e. The molecule has 88 valence electrons. The van der Waals surface area contributed by atoms with Crippen LogP contribution in [-0.4, -0.2) is 23.2 Å². The molecule has 1 fully saturated rings. The van der Waals surface area contributed by atoms with Crippen LogP contribution in [0.25, 0.3) is 0 Å². The maximum absolute atomic E-state index is 9.09. The van der Waals surface area contributed by atoms with Crippen LogP contribution < -0.4 is 4.90 Å². The highest BCUT2D eigenvalue weighted by Crippen LogP contribution is 2.23. The molecule has 1 aromatic rings. The molecule has 0 amide bonds. The molecular weight excluding hydrogens is 200 g/mol. The Morgan fingerprint density at radius 3 is 2.81 bits per heavy atom. The van der Waals surface area contributed by atoms with E-state index >= 15 is 0 Å². The molecule has 16 heavy (non-hydrogen) atoms. The van der Waals surface area contributed by atoms with E-state index in [0.29, 0.717) is 0 Å². The summed E-state index contributed by atoms with van der Waals surface area (Å²) >= 11 is 0. The van der Waals surface area contributed by atoms with Gasteiger partial charge in [0, 0.05) is 19.3 Å². The van der Waals surface area contributed by atoms with E-state index in [-0.39, 0.29) is 6.61 Å². The maximum Gasteiger partial charge on any atom is 0.128 e. The molecule has 0 aromatic carbocycles. The standard InChI is InChI=1S/C13H20N2O/c1-2-11-4-7-15(8-5-11)13-9-12(10-16)3-6-14-13/h3,6,9,11,16H,2,4-5,7-8,10H2,1H3. The van der Waals surface area contributed by atoms with Crippen molar-refractivity contribution in [3.63, 3.8) is 0 Å². The molecule has 1 N–H and O–H groups in total. The fourth-order valence-electron chi connectivity index (χ4n) is 2.30. The van der Waals surface area contributed by atoms with E-state index in [1.807, 2.05) is 12.1 Å². The van der Waals surface area contributed by atoms with Crippen molar-refractivity contribution < 1.29 is 5.11 Å². The molecule has 1 saturated heterocycles. The van der Waals surface area contributed by atoms with Crippen LogP contribution in [-0.2, 0) is 6.61 Å². The summed E-state index contributed by atoms with van der Waals surface area (Å²) in [6.45, 7) is 4.56. The Morgan fingerprint density at radius 2 is 2.19 bits per heavy atom. The summed E-state index contributed by atoms with van der Waals surface area (Å²) in [4.78, 5) is 6.70. The van der Waals surface area contributed by atoms with E-state index in [0.717, 1.165) is 30.4 Å². The quantitative estimate of drug-likeness (QED) is 0.848. The van der Waals surface area contributed by atoms with Gasteiger partial charge in [0.05, 0.1) is 6.61 Å². The second kappa shape index (κ2) is 5.30. The molecule has 1 aliphatic heterocycles. The average Bonchev–Trinajstić information content (AvgIpc) is 2.39. The van der Waals surface area contributed by atoms with Crippen molar-refractivity contribution in [3.05, 3.63) is 23.9 Å². The number of pyridine rings is 1. The number of hydrogen-bond acceptors (Lipinski definition) is 3. The molecule has 0 bridgehead atoms. The normalized spacial score (nSPS) is 17.8. The second-order valence-corrected chi connectivity index (χ2v) is 4.52. The zero-order valence-electron chi connectivity index (χ0n) is 9.89. The molecule has 0 radical (unpaired) electrons. The lowest BCUT2D eigenvalue weighted by atomic mass is 9.94. The highest BCUT2D eigenvalue weighted by molar-refractivity contribution is 5.41. The Kier molecular flexibility index (Phi) is 3.78. The van der Waals surface area contributed by atoms with Gasteiger partial charge in [-0.25, -0.2) is 4.98 Å². The lowest BCUT2D eigenvalue weighted by molar-refractivity contribution is 0.281. The lowest BCUT2D eigenvalue weighted by Gasteiger charge is -2.32. The van der Waals surface area contributed by atoms with Crippen molar-refractivity contribution in [1.29, 1.82) is 0 Å². The summed E-state index contributed by atoms with van der Waals surface area (Å²) in [6, 6.07) is 3.86. The molecule has 0 spiro atoms. The third-order valence-corrected chi connectivity index (χ3v) is 3.51. The Morgan fingerprint density at radius 1 is 1.44 bits per heavy atom. The van der Waals surface area contributed by atoms with Crippen LogP contribution in [0.3, 0.4) is 0 Å². The molecule has 0 unspecified atom stereocenters. The first-order valence-corrected chi connectivity index (χ1v) is 6.14. The van der Waals surface area contributed by atoms with Gasteiger partial charge in [0.2, 0.25) is 0 Å². The number of anilines is 1. The zero-order valence-corrected chi connectivity index (χ0v) is 9.89. The molecule has 1 aliphatic rings. The van der Waals surface area contributed by atoms with Crippen LogP contribution in [0, 0.1) is 5.92 Å². The fraction of sp³-hybridized carbons (Fsp3) is 0.615. The van der Waals surface area contributed by atoms with Crippen molar-refractivity contribution in [2.75, 3.05) is 18.0 Å². The van der Waals surface area contributed by atoms with Gasteiger partial charge in [0.1, 0.15) is 5.82 Å². The number of piperidine rings is 1. The molecule has 1 aromatic heterocycles. The molecule has 0 saturated carbocycles. The summed E-state index contributed by atoms with van der Waals surface area (Å²) in [5, 5.41) is 9.09. The first-order valence-electron chi connectivity index (χ1n) is 6.14. The van der Waals surface area contributed by atoms with Gasteiger partial charge in [0.15, 0.2) is 0 Å². The minimum absolute atomic E-state index is 0.0982. The lowest BCUT2D eigenvalue weighted by Crippen LogP contribution is -2.34. The Bertz CT molecular complexity index is 332. The Hall–Kier alpha value is -1.09. The number of nitrogens with zero attached hydrogens (tertiary/aromatic N) is 2. The van der Waals surface area contributed by atoms with Gasteiger partial charge in [-0.05, 0) is 36.5 Å². The molecule has 0 atom stereocenters. The van der Waals surface area contributed by atoms with E-state index in [2.05, 4.69) is 16.8 Å². The number of aliphatic hydroxyl groups is 1. The van der Waals surface area contributed by atoms with Gasteiger partial charge in [0.25, 0.3) is 0 Å². The fourth-order valence-corrected chi connectivity index (χ4v) is 2.30. The number of rotatable bonds is 3. The predicted octanol–water partition coefficient (Wildman–Crippen LogP) is 2.20. The van der Waals surface area contributed by atoms with E-state index in [1.54, 1.807) is 6.20 Å². The largest absolute Gasteiger partial charge is 0.392 e. The van der Waals surface area contributed by atoms with E-state index < -0.39 is 0 Å².